The molecular weight excluding hydrogens is 438 g/mol. The molecule has 1 aliphatic carbocycles. The van der Waals surface area contributed by atoms with E-state index in [1.807, 2.05) is 41.3 Å². The summed E-state index contributed by atoms with van der Waals surface area (Å²) in [4.78, 5) is 15.1. The van der Waals surface area contributed by atoms with Crippen molar-refractivity contribution in [3.05, 3.63) is 60.2 Å². The van der Waals surface area contributed by atoms with E-state index in [0.29, 0.717) is 26.0 Å². The van der Waals surface area contributed by atoms with Crippen molar-refractivity contribution in [3.63, 3.8) is 0 Å². The molecule has 172 valence electrons. The smallest absolute Gasteiger partial charge is 0.252 e. The summed E-state index contributed by atoms with van der Waals surface area (Å²) in [6.07, 6.45) is 2.52. The van der Waals surface area contributed by atoms with E-state index in [2.05, 4.69) is 22.9 Å². The van der Waals surface area contributed by atoms with Gasteiger partial charge in [0.2, 0.25) is 10.0 Å². The first-order valence-corrected chi connectivity index (χ1v) is 13.0. The minimum atomic E-state index is -3.76. The molecule has 1 unspecified atom stereocenters. The van der Waals surface area contributed by atoms with Gasteiger partial charge in [-0.25, -0.2) is 13.1 Å². The lowest BCUT2D eigenvalue weighted by molar-refractivity contribution is -0.157. The highest BCUT2D eigenvalue weighted by molar-refractivity contribution is 7.89. The molecule has 2 aromatic rings. The van der Waals surface area contributed by atoms with Crippen LogP contribution in [0.1, 0.15) is 24.8 Å². The number of ether oxygens (including phenoxy) is 1. The molecule has 1 amide bonds. The number of nitriles is 1. The van der Waals surface area contributed by atoms with E-state index < -0.39 is 27.9 Å². The highest BCUT2D eigenvalue weighted by Gasteiger charge is 2.61. The number of nitrogens with zero attached hydrogens (tertiary/aromatic N) is 2. The second-order valence-electron chi connectivity index (χ2n) is 9.33. The molecule has 2 aromatic carbocycles. The van der Waals surface area contributed by atoms with Crippen molar-refractivity contribution in [1.82, 2.24) is 9.62 Å². The molecule has 2 saturated heterocycles. The average Bonchev–Trinajstić information content (AvgIpc) is 3.49. The van der Waals surface area contributed by atoms with Gasteiger partial charge < -0.3 is 9.64 Å². The molecule has 1 N–H and O–H groups in total. The molecule has 3 aliphatic rings. The Morgan fingerprint density at radius 3 is 2.52 bits per heavy atom. The minimum absolute atomic E-state index is 0.0567. The Hall–Kier alpha value is -2.73. The summed E-state index contributed by atoms with van der Waals surface area (Å²) in [6.45, 7) is 1.10. The summed E-state index contributed by atoms with van der Waals surface area (Å²) in [5.74, 6) is -0.645. The maximum absolute atomic E-state index is 13.2. The van der Waals surface area contributed by atoms with Crippen molar-refractivity contribution in [2.45, 2.75) is 43.9 Å². The fraction of sp³-hybridized carbons (Fsp3) is 0.440. The van der Waals surface area contributed by atoms with Crippen LogP contribution in [0.15, 0.2) is 54.6 Å². The minimum Gasteiger partial charge on any atom is -0.368 e. The summed E-state index contributed by atoms with van der Waals surface area (Å²) < 4.78 is 33.4. The summed E-state index contributed by atoms with van der Waals surface area (Å²) in [6, 6.07) is 19.2. The molecule has 2 aliphatic heterocycles. The normalized spacial score (nSPS) is 25.4. The Labute approximate surface area is 194 Å². The molecule has 0 bridgehead atoms. The van der Waals surface area contributed by atoms with Crippen molar-refractivity contribution in [3.8, 4) is 17.2 Å². The van der Waals surface area contributed by atoms with Crippen LogP contribution in [0.3, 0.4) is 0 Å². The zero-order valence-corrected chi connectivity index (χ0v) is 19.1. The van der Waals surface area contributed by atoms with Gasteiger partial charge in [0.25, 0.3) is 5.91 Å². The molecule has 1 spiro atoms. The van der Waals surface area contributed by atoms with Gasteiger partial charge >= 0.3 is 0 Å². The van der Waals surface area contributed by atoms with Crippen molar-refractivity contribution in [1.29, 1.82) is 5.26 Å². The zero-order valence-electron chi connectivity index (χ0n) is 18.3. The lowest BCUT2D eigenvalue weighted by Gasteiger charge is -2.34. The first-order chi connectivity index (χ1) is 15.9. The van der Waals surface area contributed by atoms with E-state index >= 15 is 0 Å². The van der Waals surface area contributed by atoms with Crippen molar-refractivity contribution in [2.75, 3.05) is 18.9 Å². The Bertz CT molecular complexity index is 1180. The van der Waals surface area contributed by atoms with Gasteiger partial charge in [-0.15, -0.1) is 0 Å². The number of hydrogen-bond donors (Lipinski definition) is 1. The van der Waals surface area contributed by atoms with Gasteiger partial charge in [0, 0.05) is 24.4 Å². The fourth-order valence-corrected chi connectivity index (χ4v) is 6.18. The van der Waals surface area contributed by atoms with Crippen molar-refractivity contribution in [2.24, 2.45) is 5.41 Å². The molecular formula is C25H27N3O4S. The lowest BCUT2D eigenvalue weighted by Crippen LogP contribution is -2.53. The quantitative estimate of drug-likeness (QED) is 0.677. The topological polar surface area (TPSA) is 99.5 Å². The number of benzene rings is 2. The second kappa shape index (κ2) is 8.56. The van der Waals surface area contributed by atoms with E-state index in [0.717, 1.165) is 29.5 Å². The van der Waals surface area contributed by atoms with Crippen LogP contribution in [-0.2, 0) is 26.0 Å². The number of rotatable bonds is 7. The van der Waals surface area contributed by atoms with Crippen LogP contribution in [0.2, 0.25) is 0 Å². The molecule has 33 heavy (non-hydrogen) atoms. The van der Waals surface area contributed by atoms with E-state index in [9.17, 15) is 13.2 Å². The monoisotopic (exact) mass is 465 g/mol. The molecule has 5 rings (SSSR count). The van der Waals surface area contributed by atoms with Crippen molar-refractivity contribution >= 4 is 15.9 Å². The maximum Gasteiger partial charge on any atom is 0.252 e. The van der Waals surface area contributed by atoms with Gasteiger partial charge in [-0.3, -0.25) is 4.79 Å². The molecule has 3 fully saturated rings. The van der Waals surface area contributed by atoms with Crippen molar-refractivity contribution < 1.29 is 17.9 Å². The molecule has 7 nitrogen and oxygen atoms in total. The number of carbonyl (C=O) groups is 1. The van der Waals surface area contributed by atoms with Crippen LogP contribution in [0.4, 0.5) is 0 Å². The SMILES string of the molecule is N#CCS(=O)(=O)N[C@@H]1[C@H](Cc2cccc(-c3ccccc3)c2)N(C(=O)C2CCO2)CC12CC2. The first kappa shape index (κ1) is 22.1. The Kier molecular flexibility index (Phi) is 5.73. The molecule has 0 radical (unpaired) electrons. The lowest BCUT2D eigenvalue weighted by atomic mass is 9.91. The third-order valence-electron chi connectivity index (χ3n) is 7.12. The predicted molar refractivity (Wildman–Crippen MR) is 123 cm³/mol. The van der Waals surface area contributed by atoms with Gasteiger partial charge in [-0.1, -0.05) is 54.6 Å². The molecule has 0 aromatic heterocycles. The number of amides is 1. The standard InChI is InChI=1S/C25H27N3O4S/c26-12-14-33(30,31)27-23-21(28(17-25(23)10-11-25)24(29)22-9-13-32-22)16-18-5-4-8-20(15-18)19-6-2-1-3-7-19/h1-8,15,21-23,27H,9-11,13-14,16-17H2/t21-,22?,23+/m0/s1. The largest absolute Gasteiger partial charge is 0.368 e. The van der Waals surface area contributed by atoms with Gasteiger partial charge in [0.05, 0.1) is 18.7 Å². The molecule has 1 saturated carbocycles. The van der Waals surface area contributed by atoms with E-state index in [1.54, 1.807) is 6.07 Å². The average molecular weight is 466 g/mol. The van der Waals surface area contributed by atoms with E-state index in [-0.39, 0.29) is 17.4 Å². The number of carbonyl (C=O) groups excluding carboxylic acids is 1. The first-order valence-electron chi connectivity index (χ1n) is 11.3. The van der Waals surface area contributed by atoms with E-state index in [4.69, 9.17) is 10.00 Å². The number of hydrogen-bond acceptors (Lipinski definition) is 5. The summed E-state index contributed by atoms with van der Waals surface area (Å²) >= 11 is 0. The summed E-state index contributed by atoms with van der Waals surface area (Å²) in [7, 11) is -3.76. The fourth-order valence-electron chi connectivity index (χ4n) is 5.13. The third-order valence-corrected chi connectivity index (χ3v) is 8.24. The van der Waals surface area contributed by atoms with Crippen LogP contribution in [0.5, 0.6) is 0 Å². The van der Waals surface area contributed by atoms with Crippen LogP contribution in [0.25, 0.3) is 11.1 Å². The van der Waals surface area contributed by atoms with Crippen LogP contribution in [0, 0.1) is 16.7 Å². The van der Waals surface area contributed by atoms with Crippen LogP contribution in [-0.4, -0.2) is 56.3 Å². The number of nitrogens with one attached hydrogen (secondary N) is 1. The van der Waals surface area contributed by atoms with Crippen LogP contribution < -0.4 is 4.72 Å². The summed E-state index contributed by atoms with van der Waals surface area (Å²) in [5, 5.41) is 8.96. The third kappa shape index (κ3) is 4.41. The second-order valence-corrected chi connectivity index (χ2v) is 11.1. The molecule has 8 heteroatoms. The Balaban J connectivity index is 1.47. The van der Waals surface area contributed by atoms with Gasteiger partial charge in [-0.05, 0) is 36.0 Å². The number of likely N-dealkylation sites (tertiary alicyclic amines) is 1. The Morgan fingerprint density at radius 2 is 1.88 bits per heavy atom. The maximum atomic E-state index is 13.2. The van der Waals surface area contributed by atoms with Crippen LogP contribution >= 0.6 is 0 Å². The molecule has 3 atom stereocenters. The highest BCUT2D eigenvalue weighted by atomic mass is 32.2. The zero-order chi connectivity index (χ0) is 23.1. The van der Waals surface area contributed by atoms with Gasteiger partial charge in [0.1, 0.15) is 6.10 Å². The summed E-state index contributed by atoms with van der Waals surface area (Å²) in [5.41, 5.74) is 2.96. The molecule has 2 heterocycles. The van der Waals surface area contributed by atoms with Gasteiger partial charge in [-0.2, -0.15) is 5.26 Å². The highest BCUT2D eigenvalue weighted by Crippen LogP contribution is 2.55. The number of sulfonamides is 1. The van der Waals surface area contributed by atoms with E-state index in [1.165, 1.54) is 0 Å². The Morgan fingerprint density at radius 1 is 1.15 bits per heavy atom. The van der Waals surface area contributed by atoms with Gasteiger partial charge in [0.15, 0.2) is 5.75 Å². The predicted octanol–water partition coefficient (Wildman–Crippen LogP) is 2.49.